The highest BCUT2D eigenvalue weighted by molar-refractivity contribution is 9.10. The maximum atomic E-state index is 5.74. The van der Waals surface area contributed by atoms with Gasteiger partial charge in [0.25, 0.3) is 0 Å². The lowest BCUT2D eigenvalue weighted by atomic mass is 10.0. The Kier molecular flexibility index (Phi) is 3.11. The van der Waals surface area contributed by atoms with E-state index >= 15 is 0 Å². The molecule has 3 nitrogen and oxygen atoms in total. The van der Waals surface area contributed by atoms with Gasteiger partial charge in [-0.05, 0) is 28.1 Å². The number of benzene rings is 1. The van der Waals surface area contributed by atoms with Crippen LogP contribution in [0.4, 0.5) is 5.69 Å². The quantitative estimate of drug-likeness (QED) is 0.796. The number of piperidine rings is 1. The van der Waals surface area contributed by atoms with Crippen LogP contribution in [-0.2, 0) is 9.47 Å². The summed E-state index contributed by atoms with van der Waals surface area (Å²) in [5.41, 5.74) is 1.26. The van der Waals surface area contributed by atoms with Gasteiger partial charge in [0.15, 0.2) is 5.79 Å². The Labute approximate surface area is 110 Å². The van der Waals surface area contributed by atoms with Gasteiger partial charge in [0, 0.05) is 30.4 Å². The number of rotatable bonds is 1. The minimum absolute atomic E-state index is 0.280. The van der Waals surface area contributed by atoms with E-state index in [1.54, 1.807) is 0 Å². The van der Waals surface area contributed by atoms with Crippen molar-refractivity contribution in [3.05, 3.63) is 28.7 Å². The third kappa shape index (κ3) is 2.21. The van der Waals surface area contributed by atoms with E-state index < -0.39 is 0 Å². The van der Waals surface area contributed by atoms with Crippen molar-refractivity contribution in [2.24, 2.45) is 0 Å². The van der Waals surface area contributed by atoms with Crippen molar-refractivity contribution in [1.29, 1.82) is 0 Å². The molecule has 4 heteroatoms. The summed E-state index contributed by atoms with van der Waals surface area (Å²) in [6.45, 7) is 3.47. The van der Waals surface area contributed by atoms with Gasteiger partial charge in [-0.15, -0.1) is 0 Å². The molecule has 0 aromatic heterocycles. The zero-order chi connectivity index (χ0) is 11.7. The molecule has 3 rings (SSSR count). The first-order valence-corrected chi connectivity index (χ1v) is 6.86. The van der Waals surface area contributed by atoms with Crippen LogP contribution >= 0.6 is 15.9 Å². The molecule has 2 fully saturated rings. The first kappa shape index (κ1) is 11.5. The molecule has 1 spiro atoms. The Balaban J connectivity index is 1.71. The molecule has 0 aliphatic carbocycles. The summed E-state index contributed by atoms with van der Waals surface area (Å²) in [6.07, 6.45) is 1.91. The normalized spacial score (nSPS) is 23.2. The van der Waals surface area contributed by atoms with E-state index in [9.17, 15) is 0 Å². The molecule has 0 radical (unpaired) electrons. The van der Waals surface area contributed by atoms with Crippen molar-refractivity contribution in [2.45, 2.75) is 18.6 Å². The summed E-state index contributed by atoms with van der Waals surface area (Å²) in [7, 11) is 0. The number of anilines is 1. The second-order valence-electron chi connectivity index (χ2n) is 4.55. The summed E-state index contributed by atoms with van der Waals surface area (Å²) in [5.74, 6) is -0.280. The summed E-state index contributed by atoms with van der Waals surface area (Å²) in [6, 6.07) is 8.36. The average molecular weight is 298 g/mol. The predicted octanol–water partition coefficient (Wildman–Crippen LogP) is 2.79. The van der Waals surface area contributed by atoms with Gasteiger partial charge in [-0.1, -0.05) is 12.1 Å². The minimum atomic E-state index is -0.280. The van der Waals surface area contributed by atoms with Crippen LogP contribution in [0.3, 0.4) is 0 Å². The monoisotopic (exact) mass is 297 g/mol. The van der Waals surface area contributed by atoms with Gasteiger partial charge in [0.05, 0.1) is 18.9 Å². The summed E-state index contributed by atoms with van der Waals surface area (Å²) >= 11 is 3.60. The molecule has 0 unspecified atom stereocenters. The highest BCUT2D eigenvalue weighted by atomic mass is 79.9. The van der Waals surface area contributed by atoms with Gasteiger partial charge in [0.1, 0.15) is 0 Å². The first-order chi connectivity index (χ1) is 8.29. The highest BCUT2D eigenvalue weighted by Gasteiger charge is 2.39. The maximum absolute atomic E-state index is 5.74. The van der Waals surface area contributed by atoms with Crippen LogP contribution in [0.25, 0.3) is 0 Å². The molecular weight excluding hydrogens is 282 g/mol. The van der Waals surface area contributed by atoms with Gasteiger partial charge < -0.3 is 14.4 Å². The van der Waals surface area contributed by atoms with Gasteiger partial charge in [-0.25, -0.2) is 0 Å². The fourth-order valence-corrected chi connectivity index (χ4v) is 3.12. The van der Waals surface area contributed by atoms with Gasteiger partial charge in [-0.3, -0.25) is 0 Å². The number of hydrogen-bond donors (Lipinski definition) is 0. The molecule has 2 aliphatic rings. The summed E-state index contributed by atoms with van der Waals surface area (Å²) in [5, 5.41) is 0. The minimum Gasteiger partial charge on any atom is -0.370 e. The smallest absolute Gasteiger partial charge is 0.171 e. The SMILES string of the molecule is Brc1ccccc1N1CCC2(CC1)OCCO2. The zero-order valence-electron chi connectivity index (χ0n) is 9.69. The van der Waals surface area contributed by atoms with Crippen molar-refractivity contribution >= 4 is 21.6 Å². The molecule has 0 amide bonds. The molecule has 0 bridgehead atoms. The molecule has 1 aromatic carbocycles. The Bertz CT molecular complexity index is 394. The van der Waals surface area contributed by atoms with E-state index in [0.29, 0.717) is 0 Å². The highest BCUT2D eigenvalue weighted by Crippen LogP contribution is 2.35. The molecule has 2 heterocycles. The van der Waals surface area contributed by atoms with Crippen molar-refractivity contribution in [2.75, 3.05) is 31.2 Å². The lowest BCUT2D eigenvalue weighted by Crippen LogP contribution is -2.45. The Morgan fingerprint density at radius 1 is 1.06 bits per heavy atom. The van der Waals surface area contributed by atoms with Crippen LogP contribution < -0.4 is 4.90 Å². The molecule has 0 N–H and O–H groups in total. The van der Waals surface area contributed by atoms with Crippen molar-refractivity contribution in [3.63, 3.8) is 0 Å². The van der Waals surface area contributed by atoms with Crippen LogP contribution in [0, 0.1) is 0 Å². The van der Waals surface area contributed by atoms with Gasteiger partial charge >= 0.3 is 0 Å². The lowest BCUT2D eigenvalue weighted by molar-refractivity contribution is -0.169. The molecule has 0 saturated carbocycles. The van der Waals surface area contributed by atoms with Crippen LogP contribution in [0.5, 0.6) is 0 Å². The fourth-order valence-electron chi connectivity index (χ4n) is 2.58. The number of ether oxygens (including phenoxy) is 2. The van der Waals surface area contributed by atoms with Crippen LogP contribution in [0.2, 0.25) is 0 Å². The third-order valence-corrected chi connectivity index (χ3v) is 4.20. The van der Waals surface area contributed by atoms with Crippen molar-refractivity contribution in [3.8, 4) is 0 Å². The standard InChI is InChI=1S/C13H16BrNO2/c14-11-3-1-2-4-12(11)15-7-5-13(6-8-15)16-9-10-17-13/h1-4H,5-10H2. The Morgan fingerprint density at radius 2 is 1.71 bits per heavy atom. The summed E-state index contributed by atoms with van der Waals surface area (Å²) in [4.78, 5) is 2.39. The molecule has 2 saturated heterocycles. The van der Waals surface area contributed by atoms with Gasteiger partial charge in [0.2, 0.25) is 0 Å². The zero-order valence-corrected chi connectivity index (χ0v) is 11.3. The molecule has 0 atom stereocenters. The molecule has 2 aliphatic heterocycles. The van der Waals surface area contributed by atoms with E-state index in [4.69, 9.17) is 9.47 Å². The molecule has 17 heavy (non-hydrogen) atoms. The Morgan fingerprint density at radius 3 is 2.35 bits per heavy atom. The fraction of sp³-hybridized carbons (Fsp3) is 0.538. The second-order valence-corrected chi connectivity index (χ2v) is 5.40. The van der Waals surface area contributed by atoms with Crippen LogP contribution in [0.1, 0.15) is 12.8 Å². The van der Waals surface area contributed by atoms with Crippen molar-refractivity contribution < 1.29 is 9.47 Å². The third-order valence-electron chi connectivity index (χ3n) is 3.53. The van der Waals surface area contributed by atoms with Crippen molar-refractivity contribution in [1.82, 2.24) is 0 Å². The number of halogens is 1. The molecule has 92 valence electrons. The first-order valence-electron chi connectivity index (χ1n) is 6.07. The lowest BCUT2D eigenvalue weighted by Gasteiger charge is -2.39. The predicted molar refractivity (Wildman–Crippen MR) is 70.2 cm³/mol. The molecular formula is C13H16BrNO2. The van der Waals surface area contributed by atoms with E-state index in [0.717, 1.165) is 43.6 Å². The average Bonchev–Trinajstić information content (AvgIpc) is 2.80. The largest absolute Gasteiger partial charge is 0.370 e. The number of hydrogen-bond acceptors (Lipinski definition) is 3. The van der Waals surface area contributed by atoms with E-state index in [2.05, 4.69) is 39.0 Å². The van der Waals surface area contributed by atoms with Gasteiger partial charge in [-0.2, -0.15) is 0 Å². The molecule has 1 aromatic rings. The summed E-state index contributed by atoms with van der Waals surface area (Å²) < 4.78 is 12.6. The number of para-hydroxylation sites is 1. The number of nitrogens with zero attached hydrogens (tertiary/aromatic N) is 1. The topological polar surface area (TPSA) is 21.7 Å². The maximum Gasteiger partial charge on any atom is 0.171 e. The van der Waals surface area contributed by atoms with E-state index in [-0.39, 0.29) is 5.79 Å². The Hall–Kier alpha value is -0.580. The van der Waals surface area contributed by atoms with Crippen LogP contribution in [-0.4, -0.2) is 32.1 Å². The van der Waals surface area contributed by atoms with Crippen LogP contribution in [0.15, 0.2) is 28.7 Å². The second kappa shape index (κ2) is 4.59. The van der Waals surface area contributed by atoms with E-state index in [1.807, 2.05) is 6.07 Å². The van der Waals surface area contributed by atoms with E-state index in [1.165, 1.54) is 5.69 Å².